The van der Waals surface area contributed by atoms with E-state index in [1.165, 1.54) is 21.0 Å². The van der Waals surface area contributed by atoms with Crippen molar-refractivity contribution in [3.63, 3.8) is 0 Å². The van der Waals surface area contributed by atoms with E-state index >= 15 is 0 Å². The van der Waals surface area contributed by atoms with E-state index in [9.17, 15) is 14.4 Å². The van der Waals surface area contributed by atoms with Crippen LogP contribution in [0.3, 0.4) is 0 Å². The van der Waals surface area contributed by atoms with E-state index in [0.29, 0.717) is 0 Å². The molecular formula is C13H13ClN6O3. The second-order valence-corrected chi connectivity index (χ2v) is 5.28. The molecule has 0 aliphatic heterocycles. The molecule has 2 heterocycles. The molecule has 0 unspecified atom stereocenters. The number of fused-ring (bicyclic) bond motifs is 1. The Morgan fingerprint density at radius 1 is 1.35 bits per heavy atom. The number of aryl methyl sites for hydroxylation is 1. The number of imidazole rings is 1. The Balaban J connectivity index is 2.74. The average molecular weight is 337 g/mol. The monoisotopic (exact) mass is 336 g/mol. The van der Waals surface area contributed by atoms with Crippen molar-refractivity contribution in [2.45, 2.75) is 13.5 Å². The summed E-state index contributed by atoms with van der Waals surface area (Å²) in [5.74, 6) is -0.607. The molecule has 0 amide bonds. The lowest BCUT2D eigenvalue weighted by molar-refractivity contribution is -0.115. The number of nitriles is 1. The summed E-state index contributed by atoms with van der Waals surface area (Å²) in [6.07, 6.45) is 0. The molecule has 23 heavy (non-hydrogen) atoms. The van der Waals surface area contributed by atoms with Gasteiger partial charge in [0.1, 0.15) is 11.6 Å². The molecule has 0 fully saturated rings. The van der Waals surface area contributed by atoms with Crippen LogP contribution in [0.1, 0.15) is 6.92 Å². The summed E-state index contributed by atoms with van der Waals surface area (Å²) in [5.41, 5.74) is 4.20. The number of allylic oxidation sites excluding steroid dienone is 2. The molecule has 2 N–H and O–H groups in total. The van der Waals surface area contributed by atoms with E-state index in [-0.39, 0.29) is 34.3 Å². The van der Waals surface area contributed by atoms with Crippen molar-refractivity contribution in [2.75, 3.05) is 0 Å². The van der Waals surface area contributed by atoms with Crippen LogP contribution in [0.25, 0.3) is 11.2 Å². The van der Waals surface area contributed by atoms with Crippen molar-refractivity contribution >= 4 is 28.5 Å². The van der Waals surface area contributed by atoms with E-state index in [0.717, 1.165) is 13.7 Å². The molecule has 0 spiro atoms. The Hall–Kier alpha value is -2.86. The van der Waals surface area contributed by atoms with Crippen LogP contribution in [0.15, 0.2) is 20.9 Å². The van der Waals surface area contributed by atoms with Gasteiger partial charge in [-0.1, -0.05) is 0 Å². The third-order valence-electron chi connectivity index (χ3n) is 3.39. The number of ketones is 1. The SMILES string of the molecule is CC(N)=C(C#N)C(=O)Cn1c(Cl)nc2c1c(=O)n(C)c(=O)n2C. The number of carbonyl (C=O) groups excluding carboxylic acids is 1. The molecule has 120 valence electrons. The molecular weight excluding hydrogens is 324 g/mol. The summed E-state index contributed by atoms with van der Waals surface area (Å²) < 4.78 is 3.19. The van der Waals surface area contributed by atoms with Gasteiger partial charge in [0.25, 0.3) is 5.56 Å². The summed E-state index contributed by atoms with van der Waals surface area (Å²) in [7, 11) is 2.74. The average Bonchev–Trinajstić information content (AvgIpc) is 2.80. The summed E-state index contributed by atoms with van der Waals surface area (Å²) in [5, 5.41) is 8.84. The van der Waals surface area contributed by atoms with E-state index in [2.05, 4.69) is 4.98 Å². The van der Waals surface area contributed by atoms with Gasteiger partial charge in [0.05, 0.1) is 6.54 Å². The minimum absolute atomic E-state index is 0.0000794. The highest BCUT2D eigenvalue weighted by Crippen LogP contribution is 2.16. The van der Waals surface area contributed by atoms with Gasteiger partial charge in [-0.25, -0.2) is 4.79 Å². The Labute approximate surface area is 134 Å². The van der Waals surface area contributed by atoms with Crippen molar-refractivity contribution in [3.05, 3.63) is 37.4 Å². The lowest BCUT2D eigenvalue weighted by atomic mass is 10.1. The standard InChI is InChI=1S/C13H13ClN6O3/c1-6(16)7(4-15)8(21)5-20-9-10(17-12(20)14)18(2)13(23)19(3)11(9)22/h5,16H2,1-3H3. The van der Waals surface area contributed by atoms with Crippen LogP contribution >= 0.6 is 11.6 Å². The van der Waals surface area contributed by atoms with Crippen LogP contribution in [0.4, 0.5) is 0 Å². The lowest BCUT2D eigenvalue weighted by Crippen LogP contribution is -2.37. The van der Waals surface area contributed by atoms with Crippen molar-refractivity contribution in [1.82, 2.24) is 18.7 Å². The van der Waals surface area contributed by atoms with Crippen LogP contribution in [0.5, 0.6) is 0 Å². The van der Waals surface area contributed by atoms with Gasteiger partial charge in [-0.15, -0.1) is 0 Å². The smallest absolute Gasteiger partial charge is 0.332 e. The molecule has 0 aliphatic carbocycles. The molecule has 0 atom stereocenters. The summed E-state index contributed by atoms with van der Waals surface area (Å²) in [6, 6.07) is 1.72. The first kappa shape index (κ1) is 16.5. The number of hydrogen-bond donors (Lipinski definition) is 1. The fourth-order valence-corrected chi connectivity index (χ4v) is 2.38. The maximum absolute atomic E-state index is 12.3. The van der Waals surface area contributed by atoms with Gasteiger partial charge >= 0.3 is 5.69 Å². The number of nitrogens with two attached hydrogens (primary N) is 1. The van der Waals surface area contributed by atoms with Crippen LogP contribution in [-0.4, -0.2) is 24.5 Å². The van der Waals surface area contributed by atoms with Gasteiger partial charge in [-0.05, 0) is 18.5 Å². The van der Waals surface area contributed by atoms with E-state index in [1.807, 2.05) is 0 Å². The highest BCUT2D eigenvalue weighted by Gasteiger charge is 2.21. The zero-order valence-electron chi connectivity index (χ0n) is 12.6. The Morgan fingerprint density at radius 3 is 2.48 bits per heavy atom. The number of aromatic nitrogens is 4. The number of carbonyl (C=O) groups is 1. The Morgan fingerprint density at radius 2 is 1.96 bits per heavy atom. The number of nitrogens with zero attached hydrogens (tertiary/aromatic N) is 5. The number of rotatable bonds is 3. The van der Waals surface area contributed by atoms with E-state index < -0.39 is 17.0 Å². The minimum Gasteiger partial charge on any atom is -0.401 e. The van der Waals surface area contributed by atoms with Gasteiger partial charge in [-0.3, -0.25) is 18.7 Å². The van der Waals surface area contributed by atoms with Crippen molar-refractivity contribution in [1.29, 1.82) is 5.26 Å². The topological polar surface area (TPSA) is 129 Å². The van der Waals surface area contributed by atoms with Gasteiger partial charge in [-0.2, -0.15) is 10.2 Å². The zero-order valence-corrected chi connectivity index (χ0v) is 13.4. The molecule has 0 radical (unpaired) electrons. The second kappa shape index (κ2) is 5.73. The van der Waals surface area contributed by atoms with E-state index in [1.54, 1.807) is 6.07 Å². The Bertz CT molecular complexity index is 1010. The van der Waals surface area contributed by atoms with Crippen LogP contribution in [0.2, 0.25) is 5.28 Å². The third-order valence-corrected chi connectivity index (χ3v) is 3.68. The van der Waals surface area contributed by atoms with Crippen molar-refractivity contribution in [3.8, 4) is 6.07 Å². The second-order valence-electron chi connectivity index (χ2n) is 4.94. The highest BCUT2D eigenvalue weighted by molar-refractivity contribution is 6.29. The molecule has 10 heteroatoms. The first-order chi connectivity index (χ1) is 10.7. The number of hydrogen-bond acceptors (Lipinski definition) is 6. The highest BCUT2D eigenvalue weighted by atomic mass is 35.5. The van der Waals surface area contributed by atoms with Crippen LogP contribution < -0.4 is 17.0 Å². The molecule has 2 rings (SSSR count). The summed E-state index contributed by atoms with van der Waals surface area (Å²) in [4.78, 5) is 40.3. The minimum atomic E-state index is -0.637. The first-order valence-electron chi connectivity index (χ1n) is 6.42. The quantitative estimate of drug-likeness (QED) is 0.453. The van der Waals surface area contributed by atoms with Crippen LogP contribution in [0, 0.1) is 11.3 Å². The number of halogens is 1. The molecule has 0 aliphatic rings. The van der Waals surface area contributed by atoms with Gasteiger partial charge in [0, 0.05) is 19.8 Å². The molecule has 0 saturated carbocycles. The molecule has 0 bridgehead atoms. The molecule has 2 aromatic rings. The molecule has 9 nitrogen and oxygen atoms in total. The third kappa shape index (κ3) is 2.53. The molecule has 2 aromatic heterocycles. The fourth-order valence-electron chi connectivity index (χ4n) is 2.16. The fraction of sp³-hybridized carbons (Fsp3) is 0.308. The Kier molecular flexibility index (Phi) is 4.12. The lowest BCUT2D eigenvalue weighted by Gasteiger charge is -2.07. The number of Topliss-reactive ketones (excluding diaryl/α,β-unsaturated/α-hetero) is 1. The summed E-state index contributed by atoms with van der Waals surface area (Å²) in [6.45, 7) is 1.03. The maximum atomic E-state index is 12.3. The van der Waals surface area contributed by atoms with Crippen molar-refractivity contribution < 1.29 is 4.79 Å². The van der Waals surface area contributed by atoms with Gasteiger partial charge in [0.15, 0.2) is 16.9 Å². The van der Waals surface area contributed by atoms with E-state index in [4.69, 9.17) is 22.6 Å². The predicted molar refractivity (Wildman–Crippen MR) is 82.7 cm³/mol. The predicted octanol–water partition coefficient (Wildman–Crippen LogP) is -0.588. The van der Waals surface area contributed by atoms with Crippen LogP contribution in [-0.2, 0) is 25.4 Å². The molecule has 0 aromatic carbocycles. The first-order valence-corrected chi connectivity index (χ1v) is 6.79. The largest absolute Gasteiger partial charge is 0.401 e. The summed E-state index contributed by atoms with van der Waals surface area (Å²) >= 11 is 5.99. The maximum Gasteiger partial charge on any atom is 0.332 e. The molecule has 0 saturated heterocycles. The zero-order chi connectivity index (χ0) is 17.5. The van der Waals surface area contributed by atoms with Gasteiger partial charge in [0.2, 0.25) is 5.28 Å². The normalized spacial score (nSPS) is 12.1. The van der Waals surface area contributed by atoms with Gasteiger partial charge < -0.3 is 10.3 Å². The van der Waals surface area contributed by atoms with Crippen molar-refractivity contribution in [2.24, 2.45) is 19.8 Å².